The van der Waals surface area contributed by atoms with Crippen LogP contribution in [0.2, 0.25) is 0 Å². The molecule has 0 unspecified atom stereocenters. The lowest BCUT2D eigenvalue weighted by atomic mass is 10.2. The zero-order chi connectivity index (χ0) is 21.0. The first kappa shape index (κ1) is 21.0. The van der Waals surface area contributed by atoms with Crippen molar-refractivity contribution in [3.05, 3.63) is 48.5 Å². The molecule has 1 aliphatic heterocycles. The molecule has 4 rings (SSSR count). The Hall–Kier alpha value is -2.20. The molecule has 7 nitrogen and oxygen atoms in total. The molecule has 1 aliphatic rings. The lowest BCUT2D eigenvalue weighted by molar-refractivity contribution is 0.253. The van der Waals surface area contributed by atoms with Crippen LogP contribution in [0.25, 0.3) is 10.1 Å². The van der Waals surface area contributed by atoms with Gasteiger partial charge in [0.1, 0.15) is 10.7 Å². The number of fused-ring (bicyclic) bond motifs is 1. The van der Waals surface area contributed by atoms with E-state index in [-0.39, 0.29) is 10.6 Å². The Balaban J connectivity index is 1.19. The zero-order valence-corrected chi connectivity index (χ0v) is 18.5. The molecule has 30 heavy (non-hydrogen) atoms. The smallest absolute Gasteiger partial charge is 0.242 e. The van der Waals surface area contributed by atoms with Crippen LogP contribution < -0.4 is 15.4 Å². The SMILES string of the molecule is Nc1ccccc1S(=O)(=O)NCCCCN1CCN(c2nsc3ccccc23)CC1. The summed E-state index contributed by atoms with van der Waals surface area (Å²) in [6.45, 7) is 5.32. The Labute approximate surface area is 181 Å². The molecule has 0 radical (unpaired) electrons. The Morgan fingerprint density at radius 3 is 2.53 bits per heavy atom. The van der Waals surface area contributed by atoms with E-state index < -0.39 is 10.0 Å². The van der Waals surface area contributed by atoms with E-state index in [0.29, 0.717) is 6.54 Å². The summed E-state index contributed by atoms with van der Waals surface area (Å²) in [7, 11) is -3.55. The minimum Gasteiger partial charge on any atom is -0.398 e. The second-order valence-electron chi connectivity index (χ2n) is 7.47. The van der Waals surface area contributed by atoms with Crippen LogP contribution >= 0.6 is 11.5 Å². The first-order valence-corrected chi connectivity index (χ1v) is 12.5. The molecule has 9 heteroatoms. The largest absolute Gasteiger partial charge is 0.398 e. The molecule has 0 saturated carbocycles. The van der Waals surface area contributed by atoms with E-state index >= 15 is 0 Å². The molecule has 0 atom stereocenters. The first-order valence-electron chi connectivity index (χ1n) is 10.2. The molecule has 0 aliphatic carbocycles. The Bertz CT molecular complexity index is 1090. The molecule has 1 aromatic heterocycles. The summed E-state index contributed by atoms with van der Waals surface area (Å²) in [6, 6.07) is 14.9. The number of hydrogen-bond donors (Lipinski definition) is 2. The van der Waals surface area contributed by atoms with Crippen LogP contribution in [0, 0.1) is 0 Å². The molecule has 2 heterocycles. The van der Waals surface area contributed by atoms with Crippen LogP contribution in [-0.4, -0.2) is 57.0 Å². The molecule has 0 bridgehead atoms. The zero-order valence-electron chi connectivity index (χ0n) is 16.8. The second kappa shape index (κ2) is 9.30. The molecular formula is C21H27N5O2S2. The highest BCUT2D eigenvalue weighted by atomic mass is 32.2. The van der Waals surface area contributed by atoms with Gasteiger partial charge in [0.2, 0.25) is 10.0 Å². The standard InChI is InChI=1S/C21H27N5O2S2/c22-18-8-2-4-10-20(18)30(27,28)23-11-5-6-12-25-13-15-26(16-14-25)21-17-7-1-3-9-19(17)29-24-21/h1-4,7-10,23H,5-6,11-16,22H2. The lowest BCUT2D eigenvalue weighted by Crippen LogP contribution is -2.46. The lowest BCUT2D eigenvalue weighted by Gasteiger charge is -2.35. The summed E-state index contributed by atoms with van der Waals surface area (Å²) in [5, 5.41) is 1.24. The van der Waals surface area contributed by atoms with Crippen molar-refractivity contribution in [2.75, 3.05) is 49.9 Å². The van der Waals surface area contributed by atoms with Gasteiger partial charge in [0.15, 0.2) is 0 Å². The number of sulfonamides is 1. The summed E-state index contributed by atoms with van der Waals surface area (Å²) in [4.78, 5) is 4.96. The van der Waals surface area contributed by atoms with Crippen LogP contribution in [0.1, 0.15) is 12.8 Å². The highest BCUT2D eigenvalue weighted by Crippen LogP contribution is 2.29. The highest BCUT2D eigenvalue weighted by molar-refractivity contribution is 7.89. The minimum atomic E-state index is -3.55. The number of hydrogen-bond acceptors (Lipinski definition) is 7. The number of para-hydroxylation sites is 1. The van der Waals surface area contributed by atoms with Crippen molar-refractivity contribution in [1.82, 2.24) is 14.0 Å². The van der Waals surface area contributed by atoms with Crippen molar-refractivity contribution in [3.8, 4) is 0 Å². The summed E-state index contributed by atoms with van der Waals surface area (Å²) in [5.74, 6) is 1.10. The van der Waals surface area contributed by atoms with Crippen molar-refractivity contribution in [2.45, 2.75) is 17.7 Å². The summed E-state index contributed by atoms with van der Waals surface area (Å²) < 4.78 is 33.2. The van der Waals surface area contributed by atoms with Gasteiger partial charge in [-0.25, -0.2) is 13.1 Å². The topological polar surface area (TPSA) is 91.6 Å². The Morgan fingerprint density at radius 1 is 1.00 bits per heavy atom. The van der Waals surface area contributed by atoms with Gasteiger partial charge in [-0.2, -0.15) is 4.37 Å². The third kappa shape index (κ3) is 4.75. The number of anilines is 2. The van der Waals surface area contributed by atoms with Gasteiger partial charge < -0.3 is 10.6 Å². The number of aromatic nitrogens is 1. The quantitative estimate of drug-likeness (QED) is 0.409. The van der Waals surface area contributed by atoms with Gasteiger partial charge in [-0.3, -0.25) is 4.90 Å². The molecule has 1 fully saturated rings. The van der Waals surface area contributed by atoms with Gasteiger partial charge in [-0.15, -0.1) is 0 Å². The van der Waals surface area contributed by atoms with Gasteiger partial charge in [0.05, 0.1) is 10.4 Å². The average Bonchev–Trinajstić information content (AvgIpc) is 3.18. The number of piperazine rings is 1. The number of unbranched alkanes of at least 4 members (excludes halogenated alkanes) is 1. The molecular weight excluding hydrogens is 418 g/mol. The molecule has 0 amide bonds. The monoisotopic (exact) mass is 445 g/mol. The van der Waals surface area contributed by atoms with Crippen LogP contribution in [0.15, 0.2) is 53.4 Å². The third-order valence-electron chi connectivity index (χ3n) is 5.43. The van der Waals surface area contributed by atoms with Crippen LogP contribution in [0.4, 0.5) is 11.5 Å². The van der Waals surface area contributed by atoms with Gasteiger partial charge >= 0.3 is 0 Å². The maximum atomic E-state index is 12.3. The normalized spacial score (nSPS) is 15.7. The van der Waals surface area contributed by atoms with Crippen LogP contribution in [0.5, 0.6) is 0 Å². The number of nitrogens with two attached hydrogens (primary N) is 1. The maximum absolute atomic E-state index is 12.3. The van der Waals surface area contributed by atoms with Gasteiger partial charge in [0.25, 0.3) is 0 Å². The number of nitrogens with one attached hydrogen (secondary N) is 1. The van der Waals surface area contributed by atoms with Gasteiger partial charge in [0, 0.05) is 38.1 Å². The van der Waals surface area contributed by atoms with Crippen LogP contribution in [0.3, 0.4) is 0 Å². The van der Waals surface area contributed by atoms with Crippen molar-refractivity contribution in [3.63, 3.8) is 0 Å². The van der Waals surface area contributed by atoms with Gasteiger partial charge in [-0.1, -0.05) is 24.3 Å². The summed E-state index contributed by atoms with van der Waals surface area (Å²) >= 11 is 1.56. The van der Waals surface area contributed by atoms with Gasteiger partial charge in [-0.05, 0) is 55.2 Å². The molecule has 160 valence electrons. The van der Waals surface area contributed by atoms with E-state index in [1.807, 2.05) is 0 Å². The fourth-order valence-electron chi connectivity index (χ4n) is 3.75. The van der Waals surface area contributed by atoms with E-state index in [4.69, 9.17) is 5.73 Å². The molecule has 2 aromatic carbocycles. The van der Waals surface area contributed by atoms with Crippen molar-refractivity contribution < 1.29 is 8.42 Å². The predicted octanol–water partition coefficient (Wildman–Crippen LogP) is 2.76. The van der Waals surface area contributed by atoms with Crippen molar-refractivity contribution >= 4 is 43.1 Å². The van der Waals surface area contributed by atoms with Crippen molar-refractivity contribution in [2.24, 2.45) is 0 Å². The van der Waals surface area contributed by atoms with Crippen LogP contribution in [-0.2, 0) is 10.0 Å². The molecule has 0 spiro atoms. The Morgan fingerprint density at radius 2 is 1.73 bits per heavy atom. The predicted molar refractivity (Wildman–Crippen MR) is 124 cm³/mol. The highest BCUT2D eigenvalue weighted by Gasteiger charge is 2.20. The molecule has 3 aromatic rings. The number of nitrogens with zero attached hydrogens (tertiary/aromatic N) is 3. The van der Waals surface area contributed by atoms with E-state index in [9.17, 15) is 8.42 Å². The van der Waals surface area contributed by atoms with E-state index in [2.05, 4.69) is 43.2 Å². The number of benzene rings is 2. The molecule has 1 saturated heterocycles. The summed E-state index contributed by atoms with van der Waals surface area (Å²) in [5.41, 5.74) is 6.05. The average molecular weight is 446 g/mol. The molecule has 3 N–H and O–H groups in total. The van der Waals surface area contributed by atoms with E-state index in [1.165, 1.54) is 16.2 Å². The van der Waals surface area contributed by atoms with E-state index in [1.54, 1.807) is 29.7 Å². The van der Waals surface area contributed by atoms with Crippen molar-refractivity contribution in [1.29, 1.82) is 0 Å². The third-order valence-corrected chi connectivity index (χ3v) is 7.78. The number of nitrogen functional groups attached to an aromatic ring is 1. The number of rotatable bonds is 8. The van der Waals surface area contributed by atoms with E-state index in [0.717, 1.165) is 51.4 Å². The maximum Gasteiger partial charge on any atom is 0.242 e. The fraction of sp³-hybridized carbons (Fsp3) is 0.381. The minimum absolute atomic E-state index is 0.149. The fourth-order valence-corrected chi connectivity index (χ4v) is 5.75. The second-order valence-corrected chi connectivity index (χ2v) is 10.0. The Kier molecular flexibility index (Phi) is 6.52. The first-order chi connectivity index (χ1) is 14.5. The summed E-state index contributed by atoms with van der Waals surface area (Å²) in [6.07, 6.45) is 1.75.